The van der Waals surface area contributed by atoms with E-state index in [-0.39, 0.29) is 23.1 Å². The number of methoxy groups -OCH3 is 2. The zero-order valence-corrected chi connectivity index (χ0v) is 17.2. The van der Waals surface area contributed by atoms with Crippen molar-refractivity contribution in [2.45, 2.75) is 24.2 Å². The van der Waals surface area contributed by atoms with E-state index in [2.05, 4.69) is 5.32 Å². The summed E-state index contributed by atoms with van der Waals surface area (Å²) in [4.78, 5) is 13.9. The summed E-state index contributed by atoms with van der Waals surface area (Å²) in [6.07, 6.45) is -3.80. The van der Waals surface area contributed by atoms with Crippen molar-refractivity contribution in [2.75, 3.05) is 25.7 Å². The van der Waals surface area contributed by atoms with E-state index in [0.717, 1.165) is 37.5 Å². The smallest absolute Gasteiger partial charge is 0.420 e. The Morgan fingerprint density at radius 3 is 2.48 bits per heavy atom. The zero-order valence-electron chi connectivity index (χ0n) is 16.4. The fourth-order valence-corrected chi connectivity index (χ4v) is 3.59. The van der Waals surface area contributed by atoms with Gasteiger partial charge in [0.15, 0.2) is 17.2 Å². The Kier molecular flexibility index (Phi) is 7.27. The van der Waals surface area contributed by atoms with Gasteiger partial charge < -0.3 is 31.2 Å². The third-order valence-corrected chi connectivity index (χ3v) is 4.96. The maximum Gasteiger partial charge on any atom is 0.420 e. The van der Waals surface area contributed by atoms with Gasteiger partial charge >= 0.3 is 6.18 Å². The Bertz CT molecular complexity index is 905. The summed E-state index contributed by atoms with van der Waals surface area (Å²) in [5.74, 6) is -4.55. The SMILES string of the molecule is COc1c(N2CCC(OC)(C(F)(F)F)C2C(=O)NC(/C=C(\N)Cl)=C/N)ccc(F)c1F. The van der Waals surface area contributed by atoms with Crippen LogP contribution in [0, 0.1) is 11.6 Å². The number of anilines is 1. The highest BCUT2D eigenvalue weighted by Gasteiger charge is 2.67. The van der Waals surface area contributed by atoms with Gasteiger partial charge in [0.2, 0.25) is 5.82 Å². The quantitative estimate of drug-likeness (QED) is 0.335. The number of amides is 1. The topological polar surface area (TPSA) is 103 Å². The van der Waals surface area contributed by atoms with Gasteiger partial charge in [0, 0.05) is 26.3 Å². The maximum absolute atomic E-state index is 14.2. The molecule has 1 heterocycles. The molecule has 0 aliphatic carbocycles. The van der Waals surface area contributed by atoms with Gasteiger partial charge in [-0.25, -0.2) is 4.39 Å². The summed E-state index contributed by atoms with van der Waals surface area (Å²) in [6.45, 7) is -0.387. The van der Waals surface area contributed by atoms with Crippen LogP contribution in [0.4, 0.5) is 27.6 Å². The number of halogens is 6. The summed E-state index contributed by atoms with van der Waals surface area (Å²) < 4.78 is 79.8. The third-order valence-electron chi connectivity index (χ3n) is 4.85. The van der Waals surface area contributed by atoms with Gasteiger partial charge in [0.25, 0.3) is 5.91 Å². The lowest BCUT2D eigenvalue weighted by molar-refractivity contribution is -0.269. The number of nitrogens with zero attached hydrogens (tertiary/aromatic N) is 1. The van der Waals surface area contributed by atoms with Gasteiger partial charge in [0.05, 0.1) is 18.5 Å². The largest absolute Gasteiger partial charge is 0.491 e. The molecular formula is C18H20ClF5N4O3. The Morgan fingerprint density at radius 2 is 2.00 bits per heavy atom. The van der Waals surface area contributed by atoms with Gasteiger partial charge in [0.1, 0.15) is 11.2 Å². The fraction of sp³-hybridized carbons (Fsp3) is 0.389. The van der Waals surface area contributed by atoms with Gasteiger partial charge in [-0.15, -0.1) is 0 Å². The van der Waals surface area contributed by atoms with E-state index in [4.69, 9.17) is 32.5 Å². The molecule has 13 heteroatoms. The predicted molar refractivity (Wildman–Crippen MR) is 103 cm³/mol. The zero-order chi connectivity index (χ0) is 23.6. The van der Waals surface area contributed by atoms with Crippen LogP contribution in [0.15, 0.2) is 35.3 Å². The lowest BCUT2D eigenvalue weighted by Gasteiger charge is -2.38. The van der Waals surface area contributed by atoms with Crippen LogP contribution in [0.25, 0.3) is 0 Å². The fourth-order valence-electron chi connectivity index (χ4n) is 3.47. The Labute approximate surface area is 179 Å². The average molecular weight is 471 g/mol. The van der Waals surface area contributed by atoms with Crippen LogP contribution < -0.4 is 26.4 Å². The van der Waals surface area contributed by atoms with Crippen LogP contribution in [-0.2, 0) is 9.53 Å². The lowest BCUT2D eigenvalue weighted by Crippen LogP contribution is -2.62. The summed E-state index contributed by atoms with van der Waals surface area (Å²) in [6, 6.07) is -0.336. The van der Waals surface area contributed by atoms with E-state index < -0.39 is 47.5 Å². The van der Waals surface area contributed by atoms with Crippen LogP contribution in [0.5, 0.6) is 5.75 Å². The van der Waals surface area contributed by atoms with Gasteiger partial charge in [-0.05, 0) is 18.2 Å². The molecule has 0 bridgehead atoms. The average Bonchev–Trinajstić information content (AvgIpc) is 3.09. The summed E-state index contributed by atoms with van der Waals surface area (Å²) in [5, 5.41) is 1.90. The minimum absolute atomic E-state index is 0.186. The molecule has 1 amide bonds. The number of benzene rings is 1. The molecule has 2 rings (SSSR count). The van der Waals surface area contributed by atoms with Crippen LogP contribution >= 0.6 is 11.6 Å². The molecule has 5 N–H and O–H groups in total. The number of hydrogen-bond acceptors (Lipinski definition) is 6. The molecule has 1 fully saturated rings. The normalized spacial score (nSPS) is 22.6. The minimum Gasteiger partial charge on any atom is -0.491 e. The van der Waals surface area contributed by atoms with E-state index >= 15 is 0 Å². The number of carbonyl (C=O) groups is 1. The number of alkyl halides is 3. The van der Waals surface area contributed by atoms with Gasteiger partial charge in [-0.2, -0.15) is 17.6 Å². The molecular weight excluding hydrogens is 451 g/mol. The number of ether oxygens (including phenoxy) is 2. The molecule has 0 saturated carbocycles. The van der Waals surface area contributed by atoms with Crippen molar-refractivity contribution in [1.29, 1.82) is 0 Å². The van der Waals surface area contributed by atoms with Crippen molar-refractivity contribution in [3.05, 3.63) is 46.9 Å². The predicted octanol–water partition coefficient (Wildman–Crippen LogP) is 2.45. The molecule has 0 aromatic heterocycles. The monoisotopic (exact) mass is 470 g/mol. The van der Waals surface area contributed by atoms with Crippen LogP contribution in [-0.4, -0.2) is 44.5 Å². The van der Waals surface area contributed by atoms with Crippen LogP contribution in [0.2, 0.25) is 0 Å². The van der Waals surface area contributed by atoms with E-state index in [1.807, 2.05) is 0 Å². The number of nitrogens with two attached hydrogens (primary N) is 2. The number of allylic oxidation sites excluding steroid dienone is 1. The van der Waals surface area contributed by atoms with Crippen LogP contribution in [0.1, 0.15) is 6.42 Å². The first kappa shape index (κ1) is 24.5. The van der Waals surface area contributed by atoms with E-state index in [0.29, 0.717) is 6.07 Å². The van der Waals surface area contributed by atoms with E-state index in [1.54, 1.807) is 0 Å². The highest BCUT2D eigenvalue weighted by Crippen LogP contribution is 2.48. The van der Waals surface area contributed by atoms with Crippen LogP contribution in [0.3, 0.4) is 0 Å². The summed E-state index contributed by atoms with van der Waals surface area (Å²) in [7, 11) is 1.82. The van der Waals surface area contributed by atoms with Crippen molar-refractivity contribution < 1.29 is 36.2 Å². The first-order chi connectivity index (χ1) is 14.4. The van der Waals surface area contributed by atoms with E-state index in [1.165, 1.54) is 0 Å². The van der Waals surface area contributed by atoms with Gasteiger partial charge in [-0.1, -0.05) is 11.6 Å². The number of nitrogens with one attached hydrogen (secondary N) is 1. The third kappa shape index (κ3) is 4.49. The maximum atomic E-state index is 14.2. The summed E-state index contributed by atoms with van der Waals surface area (Å²) in [5.41, 5.74) is 7.25. The molecule has 7 nitrogen and oxygen atoms in total. The number of hydrogen-bond donors (Lipinski definition) is 3. The molecule has 1 saturated heterocycles. The molecule has 31 heavy (non-hydrogen) atoms. The van der Waals surface area contributed by atoms with Crippen molar-refractivity contribution in [3.8, 4) is 5.75 Å². The Hall–Kier alpha value is -2.73. The highest BCUT2D eigenvalue weighted by molar-refractivity contribution is 6.29. The first-order valence-corrected chi connectivity index (χ1v) is 9.07. The molecule has 2 atom stereocenters. The highest BCUT2D eigenvalue weighted by atomic mass is 35.5. The first-order valence-electron chi connectivity index (χ1n) is 8.69. The van der Waals surface area contributed by atoms with Crippen molar-refractivity contribution >= 4 is 23.2 Å². The van der Waals surface area contributed by atoms with E-state index in [9.17, 15) is 26.7 Å². The molecule has 172 valence electrons. The Balaban J connectivity index is 2.63. The molecule has 0 spiro atoms. The van der Waals surface area contributed by atoms with Crippen molar-refractivity contribution in [1.82, 2.24) is 5.32 Å². The standard InChI is InChI=1S/C18H20ClF5N4O3/c1-30-14-11(4-3-10(20)13(14)21)28-6-5-17(31-2,18(22,23)24)15(28)16(29)27-9(8-25)7-12(19)26/h3-4,7-8,15H,5-6,25-26H2,1-2H3,(H,27,29)/b9-8+,12-7-. The second-order valence-electron chi connectivity index (χ2n) is 6.49. The van der Waals surface area contributed by atoms with Gasteiger partial charge in [-0.3, -0.25) is 4.79 Å². The molecule has 1 aromatic rings. The Morgan fingerprint density at radius 1 is 1.35 bits per heavy atom. The number of carbonyl (C=O) groups excluding carboxylic acids is 1. The minimum atomic E-state index is -5.00. The van der Waals surface area contributed by atoms with Crippen molar-refractivity contribution in [2.24, 2.45) is 11.5 Å². The number of rotatable bonds is 6. The summed E-state index contributed by atoms with van der Waals surface area (Å²) >= 11 is 5.53. The second kappa shape index (κ2) is 9.18. The van der Waals surface area contributed by atoms with Crippen molar-refractivity contribution in [3.63, 3.8) is 0 Å². The second-order valence-corrected chi connectivity index (χ2v) is 6.93. The molecule has 2 unspecified atom stereocenters. The molecule has 1 aliphatic rings. The molecule has 0 radical (unpaired) electrons. The molecule has 1 aliphatic heterocycles. The lowest BCUT2D eigenvalue weighted by atomic mass is 9.92. The molecule has 1 aromatic carbocycles.